The van der Waals surface area contributed by atoms with Crippen LogP contribution in [0.1, 0.15) is 32.4 Å². The van der Waals surface area contributed by atoms with Crippen molar-refractivity contribution in [2.24, 2.45) is 0 Å². The van der Waals surface area contributed by atoms with Crippen molar-refractivity contribution >= 4 is 17.5 Å². The third kappa shape index (κ3) is 5.24. The fourth-order valence-electron chi connectivity index (χ4n) is 3.25. The Hall–Kier alpha value is -3.63. The SMILES string of the molecule is CC(C)(C)OC(=O)N1CC(n2nnc(-c3ccccc3Nc3ccc(C(F)(F)F)cc3)n2)C1. The zero-order valence-corrected chi connectivity index (χ0v) is 18.3. The molecule has 11 heteroatoms. The predicted octanol–water partition coefficient (Wildman–Crippen LogP) is 4.89. The van der Waals surface area contributed by atoms with Crippen LogP contribution in [0.25, 0.3) is 11.4 Å². The lowest BCUT2D eigenvalue weighted by Gasteiger charge is -2.38. The molecule has 0 bridgehead atoms. The highest BCUT2D eigenvalue weighted by Crippen LogP contribution is 2.32. The Bertz CT molecular complexity index is 1130. The summed E-state index contributed by atoms with van der Waals surface area (Å²) < 4.78 is 43.7. The monoisotopic (exact) mass is 460 g/mol. The zero-order chi connectivity index (χ0) is 23.8. The number of tetrazole rings is 1. The quantitative estimate of drug-likeness (QED) is 0.597. The van der Waals surface area contributed by atoms with Gasteiger partial charge in [0.25, 0.3) is 0 Å². The first-order valence-corrected chi connectivity index (χ1v) is 10.3. The lowest BCUT2D eigenvalue weighted by atomic mass is 10.1. The van der Waals surface area contributed by atoms with E-state index in [9.17, 15) is 18.0 Å². The normalized spacial score (nSPS) is 14.7. The fraction of sp³-hybridized carbons (Fsp3) is 0.364. The molecule has 1 fully saturated rings. The summed E-state index contributed by atoms with van der Waals surface area (Å²) in [6, 6.07) is 11.8. The molecule has 0 radical (unpaired) electrons. The number of nitrogens with one attached hydrogen (secondary N) is 1. The molecular weight excluding hydrogens is 437 g/mol. The maximum Gasteiger partial charge on any atom is 0.416 e. The second-order valence-corrected chi connectivity index (χ2v) is 8.72. The minimum absolute atomic E-state index is 0.117. The van der Waals surface area contributed by atoms with Gasteiger partial charge in [-0.25, -0.2) is 4.79 Å². The molecule has 174 valence electrons. The summed E-state index contributed by atoms with van der Waals surface area (Å²) in [5.74, 6) is 0.362. The molecule has 0 unspecified atom stereocenters. The van der Waals surface area contributed by atoms with E-state index in [2.05, 4.69) is 20.7 Å². The van der Waals surface area contributed by atoms with Crippen LogP contribution in [0.4, 0.5) is 29.3 Å². The number of carbonyl (C=O) groups is 1. The molecule has 0 aliphatic carbocycles. The van der Waals surface area contributed by atoms with Gasteiger partial charge >= 0.3 is 12.3 Å². The standard InChI is InChI=1S/C22H23F3N6O2/c1-21(2,3)33-20(32)30-12-16(13-30)31-28-19(27-29-31)17-6-4-5-7-18(17)26-15-10-8-14(9-11-15)22(23,24)25/h4-11,16,26H,12-13H2,1-3H3. The van der Waals surface area contributed by atoms with Gasteiger partial charge in [0.2, 0.25) is 5.82 Å². The summed E-state index contributed by atoms with van der Waals surface area (Å²) in [6.45, 7) is 6.25. The molecule has 0 spiro atoms. The Morgan fingerprint density at radius 3 is 2.36 bits per heavy atom. The topological polar surface area (TPSA) is 85.2 Å². The summed E-state index contributed by atoms with van der Waals surface area (Å²) in [5.41, 5.74) is 0.486. The van der Waals surface area contributed by atoms with Crippen LogP contribution in [-0.2, 0) is 10.9 Å². The number of aromatic nitrogens is 4. The minimum Gasteiger partial charge on any atom is -0.444 e. The van der Waals surface area contributed by atoms with Gasteiger partial charge in [-0.3, -0.25) is 0 Å². The van der Waals surface area contributed by atoms with E-state index in [1.54, 1.807) is 23.1 Å². The van der Waals surface area contributed by atoms with Gasteiger partial charge in [-0.05, 0) is 62.4 Å². The average Bonchev–Trinajstić information content (AvgIpc) is 3.15. The highest BCUT2D eigenvalue weighted by atomic mass is 19.4. The van der Waals surface area contributed by atoms with Gasteiger partial charge in [0, 0.05) is 16.9 Å². The number of rotatable bonds is 4. The number of anilines is 2. The van der Waals surface area contributed by atoms with Crippen LogP contribution in [0.15, 0.2) is 48.5 Å². The molecule has 0 atom stereocenters. The number of hydrogen-bond donors (Lipinski definition) is 1. The van der Waals surface area contributed by atoms with E-state index >= 15 is 0 Å². The van der Waals surface area contributed by atoms with Crippen molar-refractivity contribution in [3.63, 3.8) is 0 Å². The van der Waals surface area contributed by atoms with Gasteiger partial charge in [0.15, 0.2) is 0 Å². The molecule has 1 amide bonds. The van der Waals surface area contributed by atoms with E-state index in [1.807, 2.05) is 26.8 Å². The first-order valence-electron chi connectivity index (χ1n) is 10.3. The largest absolute Gasteiger partial charge is 0.444 e. The Morgan fingerprint density at radius 1 is 1.06 bits per heavy atom. The lowest BCUT2D eigenvalue weighted by Crippen LogP contribution is -2.52. The lowest BCUT2D eigenvalue weighted by molar-refractivity contribution is -0.137. The predicted molar refractivity (Wildman–Crippen MR) is 115 cm³/mol. The molecule has 1 aliphatic heterocycles. The van der Waals surface area contributed by atoms with Gasteiger partial charge in [-0.15, -0.1) is 10.2 Å². The van der Waals surface area contributed by atoms with Gasteiger partial charge in [-0.1, -0.05) is 12.1 Å². The molecule has 33 heavy (non-hydrogen) atoms. The Labute approximate surface area is 188 Å². The molecule has 0 saturated carbocycles. The molecule has 3 aromatic rings. The number of carbonyl (C=O) groups excluding carboxylic acids is 1. The number of nitrogens with zero attached hydrogens (tertiary/aromatic N) is 5. The summed E-state index contributed by atoms with van der Waals surface area (Å²) in [7, 11) is 0. The Morgan fingerprint density at radius 2 is 1.73 bits per heavy atom. The summed E-state index contributed by atoms with van der Waals surface area (Å²) >= 11 is 0. The van der Waals surface area contributed by atoms with E-state index in [0.717, 1.165) is 12.1 Å². The molecular formula is C22H23F3N6O2. The Balaban J connectivity index is 1.45. The first kappa shape index (κ1) is 22.6. The van der Waals surface area contributed by atoms with Gasteiger partial charge in [0.1, 0.15) is 11.6 Å². The highest BCUT2D eigenvalue weighted by Gasteiger charge is 2.36. The molecule has 1 N–H and O–H groups in total. The van der Waals surface area contributed by atoms with Crippen molar-refractivity contribution in [3.8, 4) is 11.4 Å². The van der Waals surface area contributed by atoms with Crippen LogP contribution in [0.3, 0.4) is 0 Å². The molecule has 2 heterocycles. The highest BCUT2D eigenvalue weighted by molar-refractivity contribution is 5.77. The van der Waals surface area contributed by atoms with Crippen molar-refractivity contribution in [2.75, 3.05) is 18.4 Å². The summed E-state index contributed by atoms with van der Waals surface area (Å²) in [4.78, 5) is 15.1. The first-order chi connectivity index (χ1) is 15.5. The van der Waals surface area contributed by atoms with Crippen LogP contribution in [0, 0.1) is 0 Å². The molecule has 1 aromatic heterocycles. The number of para-hydroxylation sites is 1. The zero-order valence-electron chi connectivity index (χ0n) is 18.3. The maximum absolute atomic E-state index is 12.8. The molecule has 2 aromatic carbocycles. The number of amides is 1. The number of benzene rings is 2. The van der Waals surface area contributed by atoms with Crippen LogP contribution >= 0.6 is 0 Å². The fourth-order valence-corrected chi connectivity index (χ4v) is 3.25. The smallest absolute Gasteiger partial charge is 0.416 e. The van der Waals surface area contributed by atoms with Gasteiger partial charge in [-0.2, -0.15) is 18.0 Å². The van der Waals surface area contributed by atoms with Crippen molar-refractivity contribution in [1.29, 1.82) is 0 Å². The van der Waals surface area contributed by atoms with Crippen molar-refractivity contribution in [1.82, 2.24) is 25.1 Å². The van der Waals surface area contributed by atoms with Crippen molar-refractivity contribution < 1.29 is 22.7 Å². The van der Waals surface area contributed by atoms with Gasteiger partial charge < -0.3 is 15.0 Å². The van der Waals surface area contributed by atoms with E-state index in [1.165, 1.54) is 16.9 Å². The van der Waals surface area contributed by atoms with Gasteiger partial charge in [0.05, 0.1) is 18.7 Å². The number of ether oxygens (including phenoxy) is 1. The Kier molecular flexibility index (Phi) is 5.73. The van der Waals surface area contributed by atoms with Crippen LogP contribution in [0.2, 0.25) is 0 Å². The van der Waals surface area contributed by atoms with Crippen LogP contribution in [0.5, 0.6) is 0 Å². The number of alkyl halides is 3. The third-order valence-electron chi connectivity index (χ3n) is 4.93. The molecule has 1 saturated heterocycles. The van der Waals surface area contributed by atoms with Crippen molar-refractivity contribution in [3.05, 3.63) is 54.1 Å². The number of halogens is 3. The number of hydrogen-bond acceptors (Lipinski definition) is 6. The average molecular weight is 460 g/mol. The van der Waals surface area contributed by atoms with E-state index in [4.69, 9.17) is 4.74 Å². The van der Waals surface area contributed by atoms with Crippen LogP contribution < -0.4 is 5.32 Å². The minimum atomic E-state index is -4.39. The van der Waals surface area contributed by atoms with E-state index in [0.29, 0.717) is 35.9 Å². The summed E-state index contributed by atoms with van der Waals surface area (Å²) in [5, 5.41) is 15.8. The van der Waals surface area contributed by atoms with Crippen molar-refractivity contribution in [2.45, 2.75) is 38.6 Å². The molecule has 4 rings (SSSR count). The number of likely N-dealkylation sites (tertiary alicyclic amines) is 1. The molecule has 8 nitrogen and oxygen atoms in total. The molecule has 1 aliphatic rings. The second-order valence-electron chi connectivity index (χ2n) is 8.72. The maximum atomic E-state index is 12.8. The van der Waals surface area contributed by atoms with E-state index < -0.39 is 17.3 Å². The third-order valence-corrected chi connectivity index (χ3v) is 4.93. The summed E-state index contributed by atoms with van der Waals surface area (Å²) in [6.07, 6.45) is -4.77. The van der Waals surface area contributed by atoms with E-state index in [-0.39, 0.29) is 12.1 Å². The second kappa shape index (κ2) is 8.38. The van der Waals surface area contributed by atoms with Crippen LogP contribution in [-0.4, -0.2) is 49.9 Å².